The molecular weight excluding hydrogens is 1280 g/mol. The first-order chi connectivity index (χ1) is 50.1. The van der Waals surface area contributed by atoms with Gasteiger partial charge in [-0.1, -0.05) is 361 Å². The molecule has 1 amide bonds. The van der Waals surface area contributed by atoms with Gasteiger partial charge in [0.1, 0.15) is 48.8 Å². The molecular formula is C88H157NO13. The van der Waals surface area contributed by atoms with Crippen LogP contribution in [0.2, 0.25) is 0 Å². The van der Waals surface area contributed by atoms with Crippen LogP contribution in [-0.4, -0.2) is 140 Å². The molecule has 0 aromatic carbocycles. The maximum absolute atomic E-state index is 13.4. The molecule has 2 aliphatic rings. The number of aliphatic hydroxyl groups is 8. The largest absolute Gasteiger partial charge is 0.394 e. The van der Waals surface area contributed by atoms with E-state index in [9.17, 15) is 45.6 Å². The zero-order valence-electron chi connectivity index (χ0n) is 65.1. The first-order valence-electron chi connectivity index (χ1n) is 42.5. The summed E-state index contributed by atoms with van der Waals surface area (Å²) in [5.41, 5.74) is 0. The molecule has 0 aromatic rings. The Morgan fingerprint density at radius 3 is 1.08 bits per heavy atom. The summed E-state index contributed by atoms with van der Waals surface area (Å²) in [7, 11) is 0. The molecule has 0 radical (unpaired) electrons. The molecule has 592 valence electrons. The van der Waals surface area contributed by atoms with Crippen LogP contribution in [0, 0.1) is 0 Å². The number of allylic oxidation sites excluding steroid dienone is 15. The molecule has 12 atom stereocenters. The van der Waals surface area contributed by atoms with Crippen molar-refractivity contribution in [1.29, 1.82) is 0 Å². The van der Waals surface area contributed by atoms with Gasteiger partial charge < -0.3 is 65.1 Å². The van der Waals surface area contributed by atoms with Gasteiger partial charge in [0.15, 0.2) is 12.6 Å². The number of carbonyl (C=O) groups excluding carboxylic acids is 1. The summed E-state index contributed by atoms with van der Waals surface area (Å²) in [4.78, 5) is 13.4. The fourth-order valence-electron chi connectivity index (χ4n) is 13.6. The highest BCUT2D eigenvalue weighted by Crippen LogP contribution is 2.30. The highest BCUT2D eigenvalue weighted by molar-refractivity contribution is 5.76. The van der Waals surface area contributed by atoms with Crippen molar-refractivity contribution < 1.29 is 64.6 Å². The van der Waals surface area contributed by atoms with Crippen molar-refractivity contribution in [3.63, 3.8) is 0 Å². The number of aliphatic hydroxyl groups excluding tert-OH is 8. The van der Waals surface area contributed by atoms with E-state index in [2.05, 4.69) is 104 Å². The van der Waals surface area contributed by atoms with Crippen LogP contribution >= 0.6 is 0 Å². The van der Waals surface area contributed by atoms with Crippen LogP contribution < -0.4 is 5.32 Å². The molecule has 0 aliphatic carbocycles. The zero-order valence-corrected chi connectivity index (χ0v) is 65.1. The minimum atomic E-state index is -1.80. The lowest BCUT2D eigenvalue weighted by molar-refractivity contribution is -0.359. The number of carbonyl (C=O) groups is 1. The van der Waals surface area contributed by atoms with Gasteiger partial charge in [0.2, 0.25) is 5.91 Å². The van der Waals surface area contributed by atoms with Gasteiger partial charge in [0.05, 0.1) is 32.0 Å². The van der Waals surface area contributed by atoms with Gasteiger partial charge in [-0.3, -0.25) is 4.79 Å². The van der Waals surface area contributed by atoms with E-state index in [1.807, 2.05) is 6.08 Å². The van der Waals surface area contributed by atoms with E-state index in [-0.39, 0.29) is 18.9 Å². The van der Waals surface area contributed by atoms with E-state index in [4.69, 9.17) is 18.9 Å². The first kappa shape index (κ1) is 95.0. The standard InChI is InChI=1S/C88H157NO13/c1-3-5-7-9-11-13-15-17-19-21-23-25-27-29-31-33-35-36-37-38-39-40-42-44-46-48-50-52-54-56-58-60-62-64-66-68-70-72-80(93)89-76(75-99-87-85(98)83(96)86(79(74-91)101-87)102-88-84(97)82(95)81(94)78(73-90)100-88)77(92)71-69-67-65-63-61-59-57-55-53-51-49-47-45-43-41-34-32-30-28-26-24-22-20-18-16-14-12-10-8-6-4-2/h5,7,11,13,17,19,23,25,29,31,53,55,61,63,69,71,76-79,81-88,90-92,94-98H,3-4,6,8-10,12,14-16,18,20-22,24,26-28,30,32-52,54,56-60,62,64-68,70,72-75H2,1-2H3,(H,89,93)/b7-5-,13-11-,19-17-,25-23-,31-29-,55-53+,63-61+,71-69+. The Bertz CT molecular complexity index is 2090. The summed E-state index contributed by atoms with van der Waals surface area (Å²) in [5.74, 6) is -0.249. The summed E-state index contributed by atoms with van der Waals surface area (Å²) < 4.78 is 22.9. The molecule has 2 heterocycles. The molecule has 2 saturated heterocycles. The summed E-state index contributed by atoms with van der Waals surface area (Å²) >= 11 is 0. The van der Waals surface area contributed by atoms with Gasteiger partial charge >= 0.3 is 0 Å². The molecule has 0 spiro atoms. The lowest BCUT2D eigenvalue weighted by Crippen LogP contribution is -2.65. The van der Waals surface area contributed by atoms with Crippen molar-refractivity contribution in [3.8, 4) is 0 Å². The molecule has 0 aromatic heterocycles. The molecule has 14 heteroatoms. The zero-order chi connectivity index (χ0) is 73.7. The van der Waals surface area contributed by atoms with Crippen molar-refractivity contribution in [1.82, 2.24) is 5.32 Å². The second kappa shape index (κ2) is 70.9. The summed E-state index contributed by atoms with van der Waals surface area (Å²) in [5, 5.41) is 87.7. The minimum absolute atomic E-state index is 0.249. The van der Waals surface area contributed by atoms with Crippen LogP contribution in [-0.2, 0) is 23.7 Å². The molecule has 102 heavy (non-hydrogen) atoms. The summed E-state index contributed by atoms with van der Waals surface area (Å²) in [6.45, 7) is 2.71. The number of nitrogens with one attached hydrogen (secondary N) is 1. The van der Waals surface area contributed by atoms with Crippen LogP contribution in [0.5, 0.6) is 0 Å². The van der Waals surface area contributed by atoms with E-state index in [1.54, 1.807) is 6.08 Å². The lowest BCUT2D eigenvalue weighted by Gasteiger charge is -2.46. The summed E-state index contributed by atoms with van der Waals surface area (Å²) in [6.07, 6.45) is 85.1. The highest BCUT2D eigenvalue weighted by atomic mass is 16.7. The maximum Gasteiger partial charge on any atom is 0.220 e. The third kappa shape index (κ3) is 52.8. The predicted molar refractivity (Wildman–Crippen MR) is 424 cm³/mol. The van der Waals surface area contributed by atoms with Crippen LogP contribution in [0.25, 0.3) is 0 Å². The van der Waals surface area contributed by atoms with Crippen molar-refractivity contribution in [2.75, 3.05) is 19.8 Å². The molecule has 12 unspecified atom stereocenters. The van der Waals surface area contributed by atoms with Gasteiger partial charge in [-0.25, -0.2) is 0 Å². The molecule has 0 saturated carbocycles. The minimum Gasteiger partial charge on any atom is -0.394 e. The molecule has 9 N–H and O–H groups in total. The number of hydrogen-bond donors (Lipinski definition) is 9. The third-order valence-corrected chi connectivity index (χ3v) is 20.2. The van der Waals surface area contributed by atoms with Gasteiger partial charge in [-0.2, -0.15) is 0 Å². The Hall–Kier alpha value is -3.09. The first-order valence-corrected chi connectivity index (χ1v) is 42.5. The maximum atomic E-state index is 13.4. The van der Waals surface area contributed by atoms with Gasteiger partial charge in [-0.15, -0.1) is 0 Å². The number of unbranched alkanes of at least 4 members (excludes halogenated alkanes) is 44. The van der Waals surface area contributed by atoms with Crippen LogP contribution in [0.15, 0.2) is 97.2 Å². The van der Waals surface area contributed by atoms with Crippen molar-refractivity contribution in [2.24, 2.45) is 0 Å². The molecule has 14 nitrogen and oxygen atoms in total. The normalized spacial score (nSPS) is 22.1. The molecule has 0 bridgehead atoms. The summed E-state index contributed by atoms with van der Waals surface area (Å²) in [6, 6.07) is -0.944. The Morgan fingerprint density at radius 1 is 0.363 bits per heavy atom. The van der Waals surface area contributed by atoms with Crippen LogP contribution in [0.3, 0.4) is 0 Å². The Morgan fingerprint density at radius 2 is 0.686 bits per heavy atom. The number of amides is 1. The molecule has 2 fully saturated rings. The lowest BCUT2D eigenvalue weighted by atomic mass is 9.97. The third-order valence-electron chi connectivity index (χ3n) is 20.2. The molecule has 2 rings (SSSR count). The Labute approximate surface area is 623 Å². The average Bonchev–Trinajstić information content (AvgIpc) is 0.790. The smallest absolute Gasteiger partial charge is 0.220 e. The van der Waals surface area contributed by atoms with Crippen molar-refractivity contribution in [2.45, 2.75) is 434 Å². The SMILES string of the molecule is CC/C=C\C/C=C\C/C=C\C/C=C\C/C=C\CCCCCCCCCCCCCCCCCCCCCCCC(=O)NC(COC1OC(CO)C(OC2OC(CO)C(O)C(O)C2O)C(O)C1O)C(O)/C=C/CC/C=C/CC/C=C/CCCCCCCCCCCCCCCCCCCCCCC. The molecule has 2 aliphatic heterocycles. The second-order valence-corrected chi connectivity index (χ2v) is 29.6. The fraction of sp³-hybridized carbons (Fsp3) is 0.807. The van der Waals surface area contributed by atoms with Crippen LogP contribution in [0.4, 0.5) is 0 Å². The van der Waals surface area contributed by atoms with Crippen molar-refractivity contribution >= 4 is 5.91 Å². The second-order valence-electron chi connectivity index (χ2n) is 29.6. The number of hydrogen-bond acceptors (Lipinski definition) is 13. The fourth-order valence-corrected chi connectivity index (χ4v) is 13.6. The Balaban J connectivity index is 1.61. The van der Waals surface area contributed by atoms with Gasteiger partial charge in [0.25, 0.3) is 0 Å². The number of ether oxygens (including phenoxy) is 4. The van der Waals surface area contributed by atoms with Gasteiger partial charge in [0, 0.05) is 6.42 Å². The Kier molecular flexibility index (Phi) is 66.0. The van der Waals surface area contributed by atoms with E-state index in [1.165, 1.54) is 250 Å². The quantitative estimate of drug-likeness (QED) is 0.0204. The van der Waals surface area contributed by atoms with E-state index in [0.717, 1.165) is 77.0 Å². The predicted octanol–water partition coefficient (Wildman–Crippen LogP) is 20.0. The monoisotopic (exact) mass is 1440 g/mol. The van der Waals surface area contributed by atoms with E-state index >= 15 is 0 Å². The van der Waals surface area contributed by atoms with Crippen LogP contribution in [0.1, 0.15) is 361 Å². The topological polar surface area (TPSA) is 228 Å². The highest BCUT2D eigenvalue weighted by Gasteiger charge is 2.51. The van der Waals surface area contributed by atoms with E-state index < -0.39 is 86.8 Å². The average molecular weight is 1440 g/mol. The van der Waals surface area contributed by atoms with Gasteiger partial charge in [-0.05, 0) is 89.9 Å². The van der Waals surface area contributed by atoms with E-state index in [0.29, 0.717) is 12.8 Å². The van der Waals surface area contributed by atoms with Crippen molar-refractivity contribution in [3.05, 3.63) is 97.2 Å². The number of rotatable bonds is 71.